The maximum absolute atomic E-state index is 12.0. The first-order valence-corrected chi connectivity index (χ1v) is 8.27. The highest BCUT2D eigenvalue weighted by Gasteiger charge is 2.39. The molecule has 21 heavy (non-hydrogen) atoms. The molecular formula is C16H28N2O3. The first-order chi connectivity index (χ1) is 10.0. The Bertz CT molecular complexity index is 374. The van der Waals surface area contributed by atoms with E-state index in [-0.39, 0.29) is 23.9 Å². The van der Waals surface area contributed by atoms with Gasteiger partial charge in [0, 0.05) is 12.6 Å². The normalized spacial score (nSPS) is 22.9. The fourth-order valence-electron chi connectivity index (χ4n) is 3.69. The lowest BCUT2D eigenvalue weighted by atomic mass is 9.66. The Morgan fingerprint density at radius 1 is 1.19 bits per heavy atom. The lowest BCUT2D eigenvalue weighted by molar-refractivity contribution is -0.141. The summed E-state index contributed by atoms with van der Waals surface area (Å²) in [7, 11) is 0. The van der Waals surface area contributed by atoms with Crippen LogP contribution >= 0.6 is 0 Å². The highest BCUT2D eigenvalue weighted by molar-refractivity contribution is 5.74. The van der Waals surface area contributed by atoms with Gasteiger partial charge in [0.2, 0.25) is 0 Å². The number of aliphatic carboxylic acids is 1. The van der Waals surface area contributed by atoms with Crippen LogP contribution in [0.1, 0.15) is 64.7 Å². The zero-order chi connectivity index (χ0) is 15.3. The second-order valence-electron chi connectivity index (χ2n) is 6.94. The molecule has 0 aromatic carbocycles. The maximum Gasteiger partial charge on any atom is 0.315 e. The van der Waals surface area contributed by atoms with E-state index in [2.05, 4.69) is 17.6 Å². The lowest BCUT2D eigenvalue weighted by Crippen LogP contribution is -2.49. The summed E-state index contributed by atoms with van der Waals surface area (Å²) in [6.07, 6.45) is 9.26. The van der Waals surface area contributed by atoms with Crippen LogP contribution in [0.5, 0.6) is 0 Å². The summed E-state index contributed by atoms with van der Waals surface area (Å²) in [6, 6.07) is 0.0480. The van der Waals surface area contributed by atoms with Gasteiger partial charge in [-0.1, -0.05) is 25.7 Å². The first kappa shape index (κ1) is 16.1. The van der Waals surface area contributed by atoms with Gasteiger partial charge in [0.15, 0.2) is 0 Å². The largest absolute Gasteiger partial charge is 0.481 e. The molecule has 2 aliphatic carbocycles. The van der Waals surface area contributed by atoms with E-state index in [1.54, 1.807) is 0 Å². The summed E-state index contributed by atoms with van der Waals surface area (Å²) >= 11 is 0. The van der Waals surface area contributed by atoms with Gasteiger partial charge in [-0.05, 0) is 43.9 Å². The van der Waals surface area contributed by atoms with E-state index in [1.807, 2.05) is 0 Å². The SMILES string of the molecule is CC(NC(=O)NCC1(CC(=O)O)CCC1)C1CCCCC1. The van der Waals surface area contributed by atoms with E-state index in [0.29, 0.717) is 12.5 Å². The van der Waals surface area contributed by atoms with Crippen LogP contribution in [0.2, 0.25) is 0 Å². The average molecular weight is 296 g/mol. The van der Waals surface area contributed by atoms with Crippen LogP contribution in [0.4, 0.5) is 4.79 Å². The molecule has 0 heterocycles. The monoisotopic (exact) mass is 296 g/mol. The summed E-state index contributed by atoms with van der Waals surface area (Å²) in [6.45, 7) is 2.55. The molecule has 3 N–H and O–H groups in total. The number of carbonyl (C=O) groups is 2. The number of carbonyl (C=O) groups excluding carboxylic acids is 1. The lowest BCUT2D eigenvalue weighted by Gasteiger charge is -2.41. The van der Waals surface area contributed by atoms with Gasteiger partial charge in [0.05, 0.1) is 6.42 Å². The molecule has 0 aromatic rings. The molecule has 0 radical (unpaired) electrons. The predicted molar refractivity (Wildman–Crippen MR) is 81.1 cm³/mol. The van der Waals surface area contributed by atoms with Crippen molar-refractivity contribution in [3.63, 3.8) is 0 Å². The quantitative estimate of drug-likeness (QED) is 0.705. The van der Waals surface area contributed by atoms with Crippen molar-refractivity contribution in [2.45, 2.75) is 70.8 Å². The van der Waals surface area contributed by atoms with Gasteiger partial charge in [-0.2, -0.15) is 0 Å². The highest BCUT2D eigenvalue weighted by atomic mass is 16.4. The second kappa shape index (κ2) is 7.14. The van der Waals surface area contributed by atoms with Gasteiger partial charge in [-0.3, -0.25) is 4.79 Å². The number of carboxylic acids is 1. The van der Waals surface area contributed by atoms with Gasteiger partial charge >= 0.3 is 12.0 Å². The fraction of sp³-hybridized carbons (Fsp3) is 0.875. The maximum atomic E-state index is 12.0. The predicted octanol–water partition coefficient (Wildman–Crippen LogP) is 2.90. The first-order valence-electron chi connectivity index (χ1n) is 8.27. The third kappa shape index (κ3) is 4.61. The Morgan fingerprint density at radius 3 is 2.38 bits per heavy atom. The molecular weight excluding hydrogens is 268 g/mol. The number of hydrogen-bond acceptors (Lipinski definition) is 2. The molecule has 0 saturated heterocycles. The summed E-state index contributed by atoms with van der Waals surface area (Å²) in [5.41, 5.74) is -0.211. The van der Waals surface area contributed by atoms with Crippen molar-refractivity contribution >= 4 is 12.0 Å². The van der Waals surface area contributed by atoms with Crippen LogP contribution in [0.3, 0.4) is 0 Å². The van der Waals surface area contributed by atoms with Gasteiger partial charge in [0.25, 0.3) is 0 Å². The number of amides is 2. The zero-order valence-corrected chi connectivity index (χ0v) is 13.0. The van der Waals surface area contributed by atoms with E-state index >= 15 is 0 Å². The molecule has 0 aliphatic heterocycles. The van der Waals surface area contributed by atoms with Crippen molar-refractivity contribution in [1.82, 2.24) is 10.6 Å². The summed E-state index contributed by atoms with van der Waals surface area (Å²) in [4.78, 5) is 22.9. The summed E-state index contributed by atoms with van der Waals surface area (Å²) in [5, 5.41) is 14.9. The van der Waals surface area contributed by atoms with Crippen LogP contribution in [0.25, 0.3) is 0 Å². The summed E-state index contributed by atoms with van der Waals surface area (Å²) < 4.78 is 0. The molecule has 0 spiro atoms. The second-order valence-corrected chi connectivity index (χ2v) is 6.94. The molecule has 2 rings (SSSR count). The fourth-order valence-corrected chi connectivity index (χ4v) is 3.69. The topological polar surface area (TPSA) is 78.4 Å². The molecule has 5 nitrogen and oxygen atoms in total. The third-order valence-electron chi connectivity index (χ3n) is 5.28. The smallest absolute Gasteiger partial charge is 0.315 e. The standard InChI is InChI=1S/C16H28N2O3/c1-12(13-6-3-2-4-7-13)18-15(21)17-11-16(8-5-9-16)10-14(19)20/h12-13H,2-11H2,1H3,(H,19,20)(H2,17,18,21). The van der Waals surface area contributed by atoms with Crippen LogP contribution in [-0.4, -0.2) is 29.7 Å². The van der Waals surface area contributed by atoms with Crippen molar-refractivity contribution in [2.24, 2.45) is 11.3 Å². The Kier molecular flexibility index (Phi) is 5.48. The number of rotatable bonds is 6. The number of nitrogens with one attached hydrogen (secondary N) is 2. The molecule has 0 bridgehead atoms. The molecule has 2 amide bonds. The van der Waals surface area contributed by atoms with Crippen molar-refractivity contribution < 1.29 is 14.7 Å². The van der Waals surface area contributed by atoms with E-state index in [0.717, 1.165) is 19.3 Å². The van der Waals surface area contributed by atoms with Crippen molar-refractivity contribution in [3.8, 4) is 0 Å². The van der Waals surface area contributed by atoms with Gasteiger partial charge in [0.1, 0.15) is 0 Å². The van der Waals surface area contributed by atoms with Crippen LogP contribution in [-0.2, 0) is 4.79 Å². The molecule has 1 atom stereocenters. The van der Waals surface area contributed by atoms with Crippen LogP contribution in [0.15, 0.2) is 0 Å². The van der Waals surface area contributed by atoms with E-state index in [4.69, 9.17) is 5.11 Å². The summed E-state index contributed by atoms with van der Waals surface area (Å²) in [5.74, 6) is -0.186. The average Bonchev–Trinajstić information content (AvgIpc) is 2.42. The number of hydrogen-bond donors (Lipinski definition) is 3. The number of urea groups is 1. The van der Waals surface area contributed by atoms with Gasteiger partial charge in [-0.15, -0.1) is 0 Å². The van der Waals surface area contributed by atoms with Gasteiger partial charge in [-0.25, -0.2) is 4.79 Å². The third-order valence-corrected chi connectivity index (χ3v) is 5.28. The molecule has 2 fully saturated rings. The highest BCUT2D eigenvalue weighted by Crippen LogP contribution is 2.43. The molecule has 120 valence electrons. The Hall–Kier alpha value is -1.26. The Labute approximate surface area is 126 Å². The van der Waals surface area contributed by atoms with Crippen molar-refractivity contribution in [3.05, 3.63) is 0 Å². The van der Waals surface area contributed by atoms with Crippen molar-refractivity contribution in [2.75, 3.05) is 6.54 Å². The van der Waals surface area contributed by atoms with Crippen LogP contribution in [0, 0.1) is 11.3 Å². The van der Waals surface area contributed by atoms with E-state index in [1.165, 1.54) is 32.1 Å². The molecule has 5 heteroatoms. The van der Waals surface area contributed by atoms with Gasteiger partial charge < -0.3 is 15.7 Å². The molecule has 2 aliphatic rings. The van der Waals surface area contributed by atoms with Crippen molar-refractivity contribution in [1.29, 1.82) is 0 Å². The van der Waals surface area contributed by atoms with Crippen LogP contribution < -0.4 is 10.6 Å². The Balaban J connectivity index is 1.72. The minimum atomic E-state index is -0.771. The molecule has 0 aromatic heterocycles. The number of carboxylic acid groups (broad SMARTS) is 1. The zero-order valence-electron chi connectivity index (χ0n) is 13.0. The van der Waals surface area contributed by atoms with E-state index < -0.39 is 5.97 Å². The minimum absolute atomic E-state index is 0.148. The molecule has 1 unspecified atom stereocenters. The minimum Gasteiger partial charge on any atom is -0.481 e. The van der Waals surface area contributed by atoms with E-state index in [9.17, 15) is 9.59 Å². The Morgan fingerprint density at radius 2 is 1.86 bits per heavy atom. The molecule has 2 saturated carbocycles.